The molecule has 3 heteroatoms. The Morgan fingerprint density at radius 2 is 1.17 bits per heavy atom. The predicted molar refractivity (Wildman–Crippen MR) is 196 cm³/mol. The van der Waals surface area contributed by atoms with E-state index in [1.54, 1.807) is 0 Å². The molecule has 47 heavy (non-hydrogen) atoms. The molecular weight excluding hydrogens is 572 g/mol. The van der Waals surface area contributed by atoms with Crippen molar-refractivity contribution >= 4 is 43.9 Å². The monoisotopic (exact) mass is 604 g/mol. The fraction of sp³-hybridized carbons (Fsp3) is 0.0682. The SMILES string of the molecule is Cc1cc(C)c(-c2cc(-c3cccc(-c4cccc(-n5c6ccccc6c6ccccc65)c4)c3)cc3c2oc2cccnc23)c(C)c1. The van der Waals surface area contributed by atoms with E-state index < -0.39 is 0 Å². The fourth-order valence-electron chi connectivity index (χ4n) is 7.56. The summed E-state index contributed by atoms with van der Waals surface area (Å²) in [6.07, 6.45) is 1.84. The van der Waals surface area contributed by atoms with Crippen LogP contribution >= 0.6 is 0 Å². The largest absolute Gasteiger partial charge is 0.454 e. The number of hydrogen-bond donors (Lipinski definition) is 0. The molecule has 0 spiro atoms. The van der Waals surface area contributed by atoms with Gasteiger partial charge in [0.15, 0.2) is 5.58 Å². The number of pyridine rings is 1. The highest BCUT2D eigenvalue weighted by Crippen LogP contribution is 2.42. The molecule has 224 valence electrons. The smallest absolute Gasteiger partial charge is 0.153 e. The number of nitrogens with zero attached hydrogens (tertiary/aromatic N) is 2. The first-order valence-corrected chi connectivity index (χ1v) is 16.1. The average molecular weight is 605 g/mol. The summed E-state index contributed by atoms with van der Waals surface area (Å²) in [4.78, 5) is 4.74. The summed E-state index contributed by atoms with van der Waals surface area (Å²) < 4.78 is 8.88. The zero-order valence-corrected chi connectivity index (χ0v) is 26.6. The lowest BCUT2D eigenvalue weighted by atomic mass is 9.90. The number of furan rings is 1. The number of rotatable bonds is 4. The van der Waals surface area contributed by atoms with Crippen LogP contribution in [-0.2, 0) is 0 Å². The fourth-order valence-corrected chi connectivity index (χ4v) is 7.56. The lowest BCUT2D eigenvalue weighted by Crippen LogP contribution is -1.94. The molecule has 0 atom stereocenters. The van der Waals surface area contributed by atoms with Crippen molar-refractivity contribution in [3.63, 3.8) is 0 Å². The third-order valence-corrected chi connectivity index (χ3v) is 9.49. The molecule has 0 aliphatic carbocycles. The van der Waals surface area contributed by atoms with Crippen LogP contribution in [0.15, 0.2) is 144 Å². The van der Waals surface area contributed by atoms with Crippen molar-refractivity contribution in [2.24, 2.45) is 0 Å². The molecular formula is C44H32N2O. The first-order chi connectivity index (χ1) is 23.0. The third kappa shape index (κ3) is 4.39. The Kier molecular flexibility index (Phi) is 6.16. The highest BCUT2D eigenvalue weighted by atomic mass is 16.3. The second-order valence-corrected chi connectivity index (χ2v) is 12.6. The van der Waals surface area contributed by atoms with Gasteiger partial charge in [0.1, 0.15) is 11.1 Å². The van der Waals surface area contributed by atoms with E-state index in [0.717, 1.165) is 44.4 Å². The van der Waals surface area contributed by atoms with Gasteiger partial charge in [-0.15, -0.1) is 0 Å². The molecule has 0 saturated carbocycles. The molecule has 0 aliphatic rings. The minimum absolute atomic E-state index is 0.805. The molecule has 6 aromatic carbocycles. The standard InChI is InChI=1S/C44H32N2O/c1-27-21-28(2)42(29(3)22-27)37-25-33(26-38-43-41(47-44(37)38)19-10-20-45-43)31-12-8-11-30(23-31)32-13-9-14-34(24-32)46-39-17-6-4-15-35(39)36-16-5-7-18-40(36)46/h4-26H,1-3H3. The van der Waals surface area contributed by atoms with Crippen molar-refractivity contribution in [2.45, 2.75) is 20.8 Å². The van der Waals surface area contributed by atoms with Crippen molar-refractivity contribution in [2.75, 3.05) is 0 Å². The Labute approximate surface area is 273 Å². The van der Waals surface area contributed by atoms with Crippen molar-refractivity contribution in [3.05, 3.63) is 156 Å². The molecule has 0 N–H and O–H groups in total. The minimum atomic E-state index is 0.805. The number of para-hydroxylation sites is 2. The van der Waals surface area contributed by atoms with Gasteiger partial charge in [-0.3, -0.25) is 4.98 Å². The van der Waals surface area contributed by atoms with Crippen LogP contribution < -0.4 is 0 Å². The molecule has 3 aromatic heterocycles. The van der Waals surface area contributed by atoms with Gasteiger partial charge in [-0.25, -0.2) is 0 Å². The molecule has 0 aliphatic heterocycles. The molecule has 0 amide bonds. The number of aryl methyl sites for hydroxylation is 3. The zero-order chi connectivity index (χ0) is 31.6. The van der Waals surface area contributed by atoms with E-state index in [9.17, 15) is 0 Å². The van der Waals surface area contributed by atoms with Crippen molar-refractivity contribution in [3.8, 4) is 39.1 Å². The number of benzene rings is 6. The van der Waals surface area contributed by atoms with Crippen molar-refractivity contribution in [1.29, 1.82) is 0 Å². The average Bonchev–Trinajstić information content (AvgIpc) is 3.64. The quantitative estimate of drug-likeness (QED) is 0.200. The molecule has 0 saturated heterocycles. The van der Waals surface area contributed by atoms with E-state index in [4.69, 9.17) is 9.40 Å². The second kappa shape index (κ2) is 10.6. The normalized spacial score (nSPS) is 11.7. The van der Waals surface area contributed by atoms with Crippen LogP contribution in [0.2, 0.25) is 0 Å². The Morgan fingerprint density at radius 1 is 0.532 bits per heavy atom. The Hall–Kier alpha value is -5.93. The van der Waals surface area contributed by atoms with E-state index in [0.29, 0.717) is 0 Å². The maximum absolute atomic E-state index is 6.51. The van der Waals surface area contributed by atoms with Crippen LogP contribution in [0.5, 0.6) is 0 Å². The van der Waals surface area contributed by atoms with Gasteiger partial charge in [-0.05, 0) is 114 Å². The summed E-state index contributed by atoms with van der Waals surface area (Å²) in [5.41, 5.74) is 16.9. The summed E-state index contributed by atoms with van der Waals surface area (Å²) >= 11 is 0. The number of hydrogen-bond acceptors (Lipinski definition) is 2. The molecule has 0 unspecified atom stereocenters. The first-order valence-electron chi connectivity index (χ1n) is 16.1. The molecule has 0 bridgehead atoms. The van der Waals surface area contributed by atoms with Crippen LogP contribution in [0, 0.1) is 20.8 Å². The van der Waals surface area contributed by atoms with Crippen LogP contribution in [0.3, 0.4) is 0 Å². The van der Waals surface area contributed by atoms with E-state index in [-0.39, 0.29) is 0 Å². The number of aromatic nitrogens is 2. The van der Waals surface area contributed by atoms with Gasteiger partial charge >= 0.3 is 0 Å². The van der Waals surface area contributed by atoms with Gasteiger partial charge in [0, 0.05) is 33.6 Å². The van der Waals surface area contributed by atoms with Gasteiger partial charge in [0.25, 0.3) is 0 Å². The lowest BCUT2D eigenvalue weighted by Gasteiger charge is -2.15. The van der Waals surface area contributed by atoms with Gasteiger partial charge in [-0.1, -0.05) is 84.4 Å². The Morgan fingerprint density at radius 3 is 1.89 bits per heavy atom. The maximum Gasteiger partial charge on any atom is 0.153 e. The molecule has 9 aromatic rings. The Bertz CT molecular complexity index is 2600. The molecule has 0 fully saturated rings. The topological polar surface area (TPSA) is 31.0 Å². The van der Waals surface area contributed by atoms with Gasteiger partial charge in [-0.2, -0.15) is 0 Å². The van der Waals surface area contributed by atoms with E-state index in [1.165, 1.54) is 55.2 Å². The second-order valence-electron chi connectivity index (χ2n) is 12.6. The Balaban J connectivity index is 1.22. The summed E-state index contributed by atoms with van der Waals surface area (Å²) in [5, 5.41) is 3.57. The highest BCUT2D eigenvalue weighted by Gasteiger charge is 2.19. The summed E-state index contributed by atoms with van der Waals surface area (Å²) in [7, 11) is 0. The lowest BCUT2D eigenvalue weighted by molar-refractivity contribution is 0.669. The van der Waals surface area contributed by atoms with Gasteiger partial charge < -0.3 is 8.98 Å². The maximum atomic E-state index is 6.51. The summed E-state index contributed by atoms with van der Waals surface area (Å²) in [5.74, 6) is 0. The minimum Gasteiger partial charge on any atom is -0.454 e. The predicted octanol–water partition coefficient (Wildman–Crippen LogP) is 12.0. The number of fused-ring (bicyclic) bond motifs is 6. The van der Waals surface area contributed by atoms with E-state index in [2.05, 4.69) is 147 Å². The first kappa shape index (κ1) is 27.4. The van der Waals surface area contributed by atoms with Crippen LogP contribution in [0.4, 0.5) is 0 Å². The molecule has 9 rings (SSSR count). The van der Waals surface area contributed by atoms with Crippen LogP contribution in [-0.4, -0.2) is 9.55 Å². The van der Waals surface area contributed by atoms with Gasteiger partial charge in [0.2, 0.25) is 0 Å². The molecule has 0 radical (unpaired) electrons. The highest BCUT2D eigenvalue weighted by molar-refractivity contribution is 6.11. The molecule has 3 heterocycles. The van der Waals surface area contributed by atoms with Crippen molar-refractivity contribution in [1.82, 2.24) is 9.55 Å². The molecule has 3 nitrogen and oxygen atoms in total. The van der Waals surface area contributed by atoms with Crippen LogP contribution in [0.25, 0.3) is 82.9 Å². The zero-order valence-electron chi connectivity index (χ0n) is 26.6. The van der Waals surface area contributed by atoms with E-state index in [1.807, 2.05) is 18.3 Å². The van der Waals surface area contributed by atoms with Crippen molar-refractivity contribution < 1.29 is 4.42 Å². The van der Waals surface area contributed by atoms with E-state index >= 15 is 0 Å². The summed E-state index contributed by atoms with van der Waals surface area (Å²) in [6.45, 7) is 6.54. The van der Waals surface area contributed by atoms with Crippen LogP contribution in [0.1, 0.15) is 16.7 Å². The summed E-state index contributed by atoms with van der Waals surface area (Å²) in [6, 6.07) is 48.1. The van der Waals surface area contributed by atoms with Gasteiger partial charge in [0.05, 0.1) is 11.0 Å². The third-order valence-electron chi connectivity index (χ3n) is 9.49.